The molecule has 0 amide bonds. The van der Waals surface area contributed by atoms with E-state index in [1.165, 1.54) is 0 Å². The van der Waals surface area contributed by atoms with Crippen LogP contribution in [0.25, 0.3) is 10.8 Å². The van der Waals surface area contributed by atoms with Gasteiger partial charge in [-0.15, -0.1) is 0 Å². The molecule has 2 N–H and O–H groups in total. The average molecular weight is 204 g/mol. The van der Waals surface area contributed by atoms with Crippen LogP contribution in [0.5, 0.6) is 11.5 Å². The summed E-state index contributed by atoms with van der Waals surface area (Å²) in [7, 11) is 0. The molecule has 0 aromatic heterocycles. The number of ether oxygens (including phenoxy) is 1. The molecule has 3 nitrogen and oxygen atoms in total. The van der Waals surface area contributed by atoms with Gasteiger partial charge in [0.25, 0.3) is 0 Å². The Bertz CT molecular complexity index is 465. The minimum atomic E-state index is -0.00191. The van der Waals surface area contributed by atoms with E-state index >= 15 is 0 Å². The van der Waals surface area contributed by atoms with Crippen molar-refractivity contribution in [2.24, 2.45) is 0 Å². The molecule has 0 spiro atoms. The second kappa shape index (κ2) is 4.19. The van der Waals surface area contributed by atoms with Crippen LogP contribution < -0.4 is 4.74 Å². The number of rotatable bonds is 3. The lowest BCUT2D eigenvalue weighted by Crippen LogP contribution is -2.01. The maximum Gasteiger partial charge on any atom is 0.123 e. The van der Waals surface area contributed by atoms with E-state index in [2.05, 4.69) is 0 Å². The van der Waals surface area contributed by atoms with E-state index in [9.17, 15) is 5.11 Å². The molecule has 3 heteroatoms. The number of phenolic OH excluding ortho intramolecular Hbond substituents is 1. The van der Waals surface area contributed by atoms with Crippen LogP contribution in [0.3, 0.4) is 0 Å². The summed E-state index contributed by atoms with van der Waals surface area (Å²) in [5, 5.41) is 19.9. The highest BCUT2D eigenvalue weighted by Gasteiger charge is 2.00. The molecule has 2 aromatic carbocycles. The molecule has 0 bridgehead atoms. The van der Waals surface area contributed by atoms with E-state index < -0.39 is 0 Å². The first kappa shape index (κ1) is 9.80. The van der Waals surface area contributed by atoms with Crippen molar-refractivity contribution in [2.45, 2.75) is 0 Å². The van der Waals surface area contributed by atoms with Crippen LogP contribution >= 0.6 is 0 Å². The highest BCUT2D eigenvalue weighted by atomic mass is 16.5. The van der Waals surface area contributed by atoms with E-state index in [1.54, 1.807) is 24.3 Å². The molecule has 2 aromatic rings. The fourth-order valence-corrected chi connectivity index (χ4v) is 1.50. The SMILES string of the molecule is OCCOc1ccc2c(O)cccc2c1. The molecule has 0 unspecified atom stereocenters. The predicted octanol–water partition coefficient (Wildman–Crippen LogP) is 1.92. The standard InChI is InChI=1S/C12H12O3/c13-6-7-15-10-4-5-11-9(8-10)2-1-3-12(11)14/h1-5,8,13-14H,6-7H2. The molecule has 0 saturated carbocycles. The van der Waals surface area contributed by atoms with Gasteiger partial charge >= 0.3 is 0 Å². The Morgan fingerprint density at radius 2 is 2.00 bits per heavy atom. The van der Waals surface area contributed by atoms with Crippen LogP contribution in [-0.4, -0.2) is 23.4 Å². The maximum absolute atomic E-state index is 9.56. The first-order valence-electron chi connectivity index (χ1n) is 4.76. The van der Waals surface area contributed by atoms with Crippen LogP contribution in [0.15, 0.2) is 36.4 Å². The van der Waals surface area contributed by atoms with Crippen LogP contribution in [0, 0.1) is 0 Å². The Labute approximate surface area is 87.5 Å². The minimum Gasteiger partial charge on any atom is -0.507 e. The van der Waals surface area contributed by atoms with Crippen molar-refractivity contribution in [3.8, 4) is 11.5 Å². The third kappa shape index (κ3) is 2.02. The fraction of sp³-hybridized carbons (Fsp3) is 0.167. The van der Waals surface area contributed by atoms with Gasteiger partial charge in [-0.05, 0) is 29.7 Å². The van der Waals surface area contributed by atoms with Gasteiger partial charge < -0.3 is 14.9 Å². The predicted molar refractivity (Wildman–Crippen MR) is 58.2 cm³/mol. The molecule has 0 aliphatic heterocycles. The molecule has 0 aliphatic carbocycles. The van der Waals surface area contributed by atoms with Gasteiger partial charge in [-0.1, -0.05) is 12.1 Å². The van der Waals surface area contributed by atoms with Crippen molar-refractivity contribution < 1.29 is 14.9 Å². The quantitative estimate of drug-likeness (QED) is 0.803. The summed E-state index contributed by atoms with van der Waals surface area (Å²) in [6.45, 7) is 0.280. The summed E-state index contributed by atoms with van der Waals surface area (Å²) in [6, 6.07) is 10.8. The second-order valence-electron chi connectivity index (χ2n) is 3.23. The molecule has 0 fully saturated rings. The zero-order valence-corrected chi connectivity index (χ0v) is 8.18. The lowest BCUT2D eigenvalue weighted by Gasteiger charge is -2.06. The Balaban J connectivity index is 2.39. The zero-order valence-electron chi connectivity index (χ0n) is 8.18. The van der Waals surface area contributed by atoms with Gasteiger partial charge in [-0.25, -0.2) is 0 Å². The lowest BCUT2D eigenvalue weighted by atomic mass is 10.1. The largest absolute Gasteiger partial charge is 0.507 e. The monoisotopic (exact) mass is 204 g/mol. The number of hydrogen-bond donors (Lipinski definition) is 2. The van der Waals surface area contributed by atoms with Crippen LogP contribution in [0.1, 0.15) is 0 Å². The van der Waals surface area contributed by atoms with E-state index in [4.69, 9.17) is 9.84 Å². The van der Waals surface area contributed by atoms with Gasteiger partial charge in [0.15, 0.2) is 0 Å². The normalized spacial score (nSPS) is 10.5. The Morgan fingerprint density at radius 1 is 1.13 bits per heavy atom. The van der Waals surface area contributed by atoms with Crippen molar-refractivity contribution >= 4 is 10.8 Å². The van der Waals surface area contributed by atoms with Gasteiger partial charge in [0.2, 0.25) is 0 Å². The summed E-state index contributed by atoms with van der Waals surface area (Å²) >= 11 is 0. The minimum absolute atomic E-state index is 0.00191. The van der Waals surface area contributed by atoms with Crippen molar-refractivity contribution in [2.75, 3.05) is 13.2 Å². The third-order valence-corrected chi connectivity index (χ3v) is 2.19. The molecule has 2 rings (SSSR count). The van der Waals surface area contributed by atoms with Gasteiger partial charge in [0.05, 0.1) is 6.61 Å². The van der Waals surface area contributed by atoms with E-state index in [0.29, 0.717) is 5.75 Å². The number of hydrogen-bond acceptors (Lipinski definition) is 3. The summed E-state index contributed by atoms with van der Waals surface area (Å²) < 4.78 is 5.27. The smallest absolute Gasteiger partial charge is 0.123 e. The third-order valence-electron chi connectivity index (χ3n) is 2.19. The molecular weight excluding hydrogens is 192 g/mol. The molecule has 0 radical (unpaired) electrons. The highest BCUT2D eigenvalue weighted by molar-refractivity contribution is 5.89. The summed E-state index contributed by atoms with van der Waals surface area (Å²) in [6.07, 6.45) is 0. The highest BCUT2D eigenvalue weighted by Crippen LogP contribution is 2.27. The number of phenols is 1. The van der Waals surface area contributed by atoms with Crippen molar-refractivity contribution in [1.29, 1.82) is 0 Å². The Kier molecular flexibility index (Phi) is 2.74. The van der Waals surface area contributed by atoms with Crippen molar-refractivity contribution in [3.63, 3.8) is 0 Å². The van der Waals surface area contributed by atoms with Crippen molar-refractivity contribution in [3.05, 3.63) is 36.4 Å². The van der Waals surface area contributed by atoms with Crippen LogP contribution in [-0.2, 0) is 0 Å². The topological polar surface area (TPSA) is 49.7 Å². The second-order valence-corrected chi connectivity index (χ2v) is 3.23. The van der Waals surface area contributed by atoms with Crippen LogP contribution in [0.4, 0.5) is 0 Å². The van der Waals surface area contributed by atoms with E-state index in [-0.39, 0.29) is 19.0 Å². The number of benzene rings is 2. The molecule has 0 saturated heterocycles. The van der Waals surface area contributed by atoms with Gasteiger partial charge in [-0.3, -0.25) is 0 Å². The number of aromatic hydroxyl groups is 1. The van der Waals surface area contributed by atoms with E-state index in [0.717, 1.165) is 10.8 Å². The summed E-state index contributed by atoms with van der Waals surface area (Å²) in [5.74, 6) is 0.961. The average Bonchev–Trinajstić information content (AvgIpc) is 2.26. The summed E-state index contributed by atoms with van der Waals surface area (Å²) in [4.78, 5) is 0. The molecule has 78 valence electrons. The lowest BCUT2D eigenvalue weighted by molar-refractivity contribution is 0.201. The van der Waals surface area contributed by atoms with Gasteiger partial charge in [0.1, 0.15) is 18.1 Å². The van der Waals surface area contributed by atoms with Crippen molar-refractivity contribution in [1.82, 2.24) is 0 Å². The molecule has 0 atom stereocenters. The fourth-order valence-electron chi connectivity index (χ4n) is 1.50. The molecule has 0 heterocycles. The summed E-state index contributed by atoms with van der Waals surface area (Å²) in [5.41, 5.74) is 0. The van der Waals surface area contributed by atoms with Gasteiger partial charge in [0, 0.05) is 5.39 Å². The van der Waals surface area contributed by atoms with E-state index in [1.807, 2.05) is 12.1 Å². The number of fused-ring (bicyclic) bond motifs is 1. The Morgan fingerprint density at radius 3 is 2.80 bits per heavy atom. The first-order valence-corrected chi connectivity index (χ1v) is 4.76. The molecule has 0 aliphatic rings. The maximum atomic E-state index is 9.56. The van der Waals surface area contributed by atoms with Gasteiger partial charge in [-0.2, -0.15) is 0 Å². The number of aliphatic hydroxyl groups excluding tert-OH is 1. The first-order chi connectivity index (χ1) is 7.31. The molecular formula is C12H12O3. The number of aliphatic hydroxyl groups is 1. The van der Waals surface area contributed by atoms with Crippen LogP contribution in [0.2, 0.25) is 0 Å². The molecule has 15 heavy (non-hydrogen) atoms. The zero-order chi connectivity index (χ0) is 10.7. The Hall–Kier alpha value is -1.74.